The molecule has 0 aliphatic rings. The lowest BCUT2D eigenvalue weighted by Crippen LogP contribution is -2.11. The summed E-state index contributed by atoms with van der Waals surface area (Å²) in [5.74, 6) is 3.87. The van der Waals surface area contributed by atoms with Crippen molar-refractivity contribution in [2.45, 2.75) is 19.3 Å². The maximum atomic E-state index is 6.02. The highest BCUT2D eigenvalue weighted by Crippen LogP contribution is 2.46. The standard InChI is InChI=1S/C29H44O13/c1-30-16-39-24-14-22(34-5)28(41-18-32-3)20(26(24)36-7)10-9-12-38-13-11-21-27(37-8)25(40-17-31-2)15-23(35-6)29(21)42-19-33-4/h14-15H,9-13,16-19H2,1-8H3. The first kappa shape index (κ1) is 34.8. The number of benzene rings is 2. The molecule has 13 nitrogen and oxygen atoms in total. The topological polar surface area (TPSA) is 120 Å². The minimum absolute atomic E-state index is 0.0254. The average Bonchev–Trinajstić information content (AvgIpc) is 3.01. The molecule has 0 aliphatic heterocycles. The van der Waals surface area contributed by atoms with Crippen LogP contribution in [0.3, 0.4) is 0 Å². The maximum absolute atomic E-state index is 6.02. The highest BCUT2D eigenvalue weighted by Gasteiger charge is 2.24. The summed E-state index contributed by atoms with van der Waals surface area (Å²) >= 11 is 0. The second kappa shape index (κ2) is 19.7. The van der Waals surface area contributed by atoms with Crippen LogP contribution >= 0.6 is 0 Å². The zero-order valence-corrected chi connectivity index (χ0v) is 25.8. The van der Waals surface area contributed by atoms with E-state index in [-0.39, 0.29) is 27.2 Å². The molecule has 42 heavy (non-hydrogen) atoms. The molecule has 0 spiro atoms. The van der Waals surface area contributed by atoms with Crippen molar-refractivity contribution in [2.75, 3.05) is 97.3 Å². The van der Waals surface area contributed by atoms with Gasteiger partial charge in [-0.15, -0.1) is 0 Å². The summed E-state index contributed by atoms with van der Waals surface area (Å²) in [6.07, 6.45) is 1.63. The third kappa shape index (κ3) is 9.60. The van der Waals surface area contributed by atoms with Gasteiger partial charge in [-0.1, -0.05) is 0 Å². The number of hydrogen-bond acceptors (Lipinski definition) is 13. The minimum Gasteiger partial charge on any atom is -0.493 e. The first-order valence-corrected chi connectivity index (χ1v) is 13.1. The van der Waals surface area contributed by atoms with Crippen LogP contribution in [0.2, 0.25) is 0 Å². The molecular formula is C29H44O13. The molecule has 2 rings (SSSR count). The molecule has 2 aromatic rings. The number of rotatable bonds is 23. The molecule has 238 valence electrons. The van der Waals surface area contributed by atoms with Crippen LogP contribution in [-0.4, -0.2) is 97.3 Å². The largest absolute Gasteiger partial charge is 0.493 e. The molecule has 2 aromatic carbocycles. The predicted molar refractivity (Wildman–Crippen MR) is 152 cm³/mol. The summed E-state index contributed by atoms with van der Waals surface area (Å²) in [6, 6.07) is 3.38. The third-order valence-corrected chi connectivity index (χ3v) is 5.88. The van der Waals surface area contributed by atoms with Crippen molar-refractivity contribution in [1.29, 1.82) is 0 Å². The monoisotopic (exact) mass is 600 g/mol. The summed E-state index contributed by atoms with van der Waals surface area (Å²) in [5, 5.41) is 0. The Morgan fingerprint density at radius 1 is 0.429 bits per heavy atom. The van der Waals surface area contributed by atoms with Gasteiger partial charge in [-0.2, -0.15) is 0 Å². The van der Waals surface area contributed by atoms with Crippen molar-refractivity contribution in [1.82, 2.24) is 0 Å². The normalized spacial score (nSPS) is 10.8. The van der Waals surface area contributed by atoms with Crippen molar-refractivity contribution < 1.29 is 61.6 Å². The smallest absolute Gasteiger partial charge is 0.188 e. The highest BCUT2D eigenvalue weighted by molar-refractivity contribution is 5.62. The van der Waals surface area contributed by atoms with Crippen molar-refractivity contribution in [2.24, 2.45) is 0 Å². The summed E-state index contributed by atoms with van der Waals surface area (Å²) in [6.45, 7) is 0.940. The highest BCUT2D eigenvalue weighted by atomic mass is 16.7. The molecule has 0 unspecified atom stereocenters. The van der Waals surface area contributed by atoms with Gasteiger partial charge in [0.05, 0.1) is 35.0 Å². The van der Waals surface area contributed by atoms with Gasteiger partial charge in [0, 0.05) is 64.7 Å². The molecule has 0 bridgehead atoms. The van der Waals surface area contributed by atoms with Gasteiger partial charge in [0.2, 0.25) is 0 Å². The van der Waals surface area contributed by atoms with Crippen molar-refractivity contribution in [3.05, 3.63) is 23.3 Å². The van der Waals surface area contributed by atoms with E-state index in [0.717, 1.165) is 5.56 Å². The Hall–Kier alpha value is -3.36. The van der Waals surface area contributed by atoms with E-state index in [1.54, 1.807) is 54.8 Å². The van der Waals surface area contributed by atoms with Gasteiger partial charge < -0.3 is 61.6 Å². The lowest BCUT2D eigenvalue weighted by molar-refractivity contribution is 0.0438. The van der Waals surface area contributed by atoms with Crippen LogP contribution < -0.4 is 37.9 Å². The lowest BCUT2D eigenvalue weighted by Gasteiger charge is -2.21. The Labute approximate surface area is 247 Å². The van der Waals surface area contributed by atoms with E-state index in [1.165, 1.54) is 14.2 Å². The molecule has 0 aliphatic carbocycles. The van der Waals surface area contributed by atoms with Crippen LogP contribution in [-0.2, 0) is 36.5 Å². The van der Waals surface area contributed by atoms with Gasteiger partial charge in [-0.25, -0.2) is 0 Å². The van der Waals surface area contributed by atoms with E-state index in [1.807, 2.05) is 0 Å². The predicted octanol–water partition coefficient (Wildman–Crippen LogP) is 3.84. The van der Waals surface area contributed by atoms with Gasteiger partial charge in [0.1, 0.15) is 0 Å². The quantitative estimate of drug-likeness (QED) is 0.136. The Kier molecular flexibility index (Phi) is 16.3. The molecule has 0 fully saturated rings. The van der Waals surface area contributed by atoms with Gasteiger partial charge in [-0.3, -0.25) is 0 Å². The zero-order valence-electron chi connectivity index (χ0n) is 25.8. The van der Waals surface area contributed by atoms with Crippen molar-refractivity contribution in [3.63, 3.8) is 0 Å². The summed E-state index contributed by atoms with van der Waals surface area (Å²) in [7, 11) is 12.4. The Bertz CT molecular complexity index is 977. The van der Waals surface area contributed by atoms with E-state index in [0.29, 0.717) is 84.0 Å². The molecule has 0 amide bonds. The van der Waals surface area contributed by atoms with E-state index in [9.17, 15) is 0 Å². The molecule has 0 saturated heterocycles. The summed E-state index contributed by atoms with van der Waals surface area (Å²) in [4.78, 5) is 0. The molecule has 0 heterocycles. The fourth-order valence-electron chi connectivity index (χ4n) is 4.15. The second-order valence-electron chi connectivity index (χ2n) is 8.51. The first-order valence-electron chi connectivity index (χ1n) is 13.1. The maximum Gasteiger partial charge on any atom is 0.188 e. The van der Waals surface area contributed by atoms with Crippen LogP contribution in [0.5, 0.6) is 46.0 Å². The van der Waals surface area contributed by atoms with E-state index < -0.39 is 0 Å². The van der Waals surface area contributed by atoms with Crippen molar-refractivity contribution in [3.8, 4) is 46.0 Å². The number of methoxy groups -OCH3 is 8. The average molecular weight is 601 g/mol. The minimum atomic E-state index is 0.0254. The lowest BCUT2D eigenvalue weighted by atomic mass is 10.1. The molecular weight excluding hydrogens is 556 g/mol. The molecule has 0 N–H and O–H groups in total. The van der Waals surface area contributed by atoms with Crippen molar-refractivity contribution >= 4 is 0 Å². The Morgan fingerprint density at radius 3 is 1.26 bits per heavy atom. The fourth-order valence-corrected chi connectivity index (χ4v) is 4.15. The van der Waals surface area contributed by atoms with Crippen LogP contribution in [0.4, 0.5) is 0 Å². The van der Waals surface area contributed by atoms with E-state index in [2.05, 4.69) is 0 Å². The van der Waals surface area contributed by atoms with Gasteiger partial charge in [0.15, 0.2) is 73.2 Å². The van der Waals surface area contributed by atoms with E-state index in [4.69, 9.17) is 61.6 Å². The number of hydrogen-bond donors (Lipinski definition) is 0. The third-order valence-electron chi connectivity index (χ3n) is 5.88. The molecule has 0 aromatic heterocycles. The summed E-state index contributed by atoms with van der Waals surface area (Å²) in [5.41, 5.74) is 1.47. The SMILES string of the molecule is COCOc1cc(OC)c(OCOC)c(CCCOCCc2c(OC)c(OCOC)cc(OC)c2OCOC)c1OC. The zero-order chi connectivity index (χ0) is 30.7. The second-order valence-corrected chi connectivity index (χ2v) is 8.51. The Morgan fingerprint density at radius 2 is 0.857 bits per heavy atom. The summed E-state index contributed by atoms with van der Waals surface area (Å²) < 4.78 is 72.0. The van der Waals surface area contributed by atoms with Crippen LogP contribution in [0.1, 0.15) is 17.5 Å². The van der Waals surface area contributed by atoms with Gasteiger partial charge in [0.25, 0.3) is 0 Å². The van der Waals surface area contributed by atoms with Gasteiger partial charge in [-0.05, 0) is 12.8 Å². The molecule has 0 saturated carbocycles. The van der Waals surface area contributed by atoms with Crippen LogP contribution in [0.15, 0.2) is 12.1 Å². The first-order chi connectivity index (χ1) is 20.5. The molecule has 0 radical (unpaired) electrons. The Balaban J connectivity index is 2.20. The fraction of sp³-hybridized carbons (Fsp3) is 0.586. The van der Waals surface area contributed by atoms with E-state index >= 15 is 0 Å². The molecule has 13 heteroatoms. The van der Waals surface area contributed by atoms with Crippen LogP contribution in [0.25, 0.3) is 0 Å². The molecule has 0 atom stereocenters. The number of ether oxygens (including phenoxy) is 13. The van der Waals surface area contributed by atoms with Gasteiger partial charge >= 0.3 is 0 Å². The van der Waals surface area contributed by atoms with Crippen LogP contribution in [0, 0.1) is 0 Å².